The normalized spacial score (nSPS) is 30.8. The number of amides is 3. The summed E-state index contributed by atoms with van der Waals surface area (Å²) in [6, 6.07) is 12.3. The van der Waals surface area contributed by atoms with Gasteiger partial charge in [0, 0.05) is 25.8 Å². The average Bonchev–Trinajstić information content (AvgIpc) is 3.75. The van der Waals surface area contributed by atoms with E-state index in [1.54, 1.807) is 17.1 Å². The summed E-state index contributed by atoms with van der Waals surface area (Å²) in [6.45, 7) is 7.73. The van der Waals surface area contributed by atoms with Gasteiger partial charge in [-0.1, -0.05) is 86.7 Å². The van der Waals surface area contributed by atoms with Crippen LogP contribution in [0.2, 0.25) is 0 Å². The maximum atomic E-state index is 15.3. The molecule has 2 aromatic rings. The first-order chi connectivity index (χ1) is 24.5. The second kappa shape index (κ2) is 15.1. The molecule has 2 N–H and O–H groups in total. The van der Waals surface area contributed by atoms with Gasteiger partial charge in [0.2, 0.25) is 11.8 Å². The summed E-state index contributed by atoms with van der Waals surface area (Å²) < 4.78 is 18.5. The second-order valence-corrected chi connectivity index (χ2v) is 14.5. The zero-order chi connectivity index (χ0) is 36.4. The number of ether oxygens (including phenoxy) is 3. The summed E-state index contributed by atoms with van der Waals surface area (Å²) in [6.07, 6.45) is 6.49. The summed E-state index contributed by atoms with van der Waals surface area (Å²) in [5.41, 5.74) is 1.63. The SMILES string of the molecule is COC[C@@H]1NC(=O)CC/C=C\CN(c2c(C)cccc2C)C(=O)[C@H]2N([C@@H](CO)CC(C)C)C(=O)[C@@H]3[C@@H](C(=O)O[C@H]1c1ccccc1)[C@H]1C=C[C@]32O1. The van der Waals surface area contributed by atoms with Gasteiger partial charge in [-0.05, 0) is 49.3 Å². The monoisotopic (exact) mass is 699 g/mol. The van der Waals surface area contributed by atoms with Crippen molar-refractivity contribution in [2.45, 2.75) is 82.9 Å². The number of nitrogens with zero attached hydrogens (tertiary/aromatic N) is 2. The van der Waals surface area contributed by atoms with Crippen LogP contribution in [0.3, 0.4) is 0 Å². The van der Waals surface area contributed by atoms with E-state index in [-0.39, 0.29) is 43.9 Å². The van der Waals surface area contributed by atoms with Crippen LogP contribution < -0.4 is 10.2 Å². The third kappa shape index (κ3) is 6.74. The number of hydrogen-bond acceptors (Lipinski definition) is 8. The molecule has 5 bridgehead atoms. The molecule has 8 atom stereocenters. The molecule has 0 radical (unpaired) electrons. The van der Waals surface area contributed by atoms with Crippen LogP contribution in [-0.2, 0) is 33.4 Å². The lowest BCUT2D eigenvalue weighted by molar-refractivity contribution is -0.162. The number of likely N-dealkylation sites (tertiary alicyclic amines) is 1. The van der Waals surface area contributed by atoms with Crippen LogP contribution in [0.15, 0.2) is 72.8 Å². The third-order valence-corrected chi connectivity index (χ3v) is 10.6. The van der Waals surface area contributed by atoms with Crippen molar-refractivity contribution in [3.63, 3.8) is 0 Å². The number of esters is 1. The zero-order valence-electron chi connectivity index (χ0n) is 30.0. The van der Waals surface area contributed by atoms with E-state index >= 15 is 4.79 Å². The molecule has 0 unspecified atom stereocenters. The van der Waals surface area contributed by atoms with Crippen LogP contribution in [0.5, 0.6) is 0 Å². The molecule has 2 fully saturated rings. The zero-order valence-corrected chi connectivity index (χ0v) is 30.0. The van der Waals surface area contributed by atoms with Gasteiger partial charge in [0.15, 0.2) is 0 Å². The molecule has 0 aromatic heterocycles. The van der Waals surface area contributed by atoms with E-state index in [0.29, 0.717) is 24.1 Å². The number of fused-ring (bicyclic) bond motifs is 2. The van der Waals surface area contributed by atoms with E-state index in [2.05, 4.69) is 5.32 Å². The minimum Gasteiger partial charge on any atom is -0.455 e. The fraction of sp³-hybridized carbons (Fsp3) is 0.500. The van der Waals surface area contributed by atoms with E-state index in [0.717, 1.165) is 11.1 Å². The number of aliphatic hydroxyl groups is 1. The van der Waals surface area contributed by atoms with Gasteiger partial charge in [-0.3, -0.25) is 19.2 Å². The van der Waals surface area contributed by atoms with Gasteiger partial charge in [-0.15, -0.1) is 0 Å². The van der Waals surface area contributed by atoms with Crippen molar-refractivity contribution in [2.24, 2.45) is 17.8 Å². The first-order valence-electron chi connectivity index (χ1n) is 17.9. The molecule has 11 heteroatoms. The summed E-state index contributed by atoms with van der Waals surface area (Å²) in [5, 5.41) is 13.8. The fourth-order valence-corrected chi connectivity index (χ4v) is 8.45. The van der Waals surface area contributed by atoms with E-state index in [9.17, 15) is 19.5 Å². The highest BCUT2D eigenvalue weighted by Gasteiger charge is 2.74. The Morgan fingerprint density at radius 1 is 1.00 bits per heavy atom. The quantitative estimate of drug-likeness (QED) is 0.313. The molecule has 6 rings (SSSR count). The number of nitrogens with one attached hydrogen (secondary N) is 1. The molecular formula is C40H49N3O8. The van der Waals surface area contributed by atoms with E-state index in [1.807, 2.05) is 88.4 Å². The van der Waals surface area contributed by atoms with Crippen molar-refractivity contribution >= 4 is 29.4 Å². The van der Waals surface area contributed by atoms with Gasteiger partial charge in [0.1, 0.15) is 23.7 Å². The summed E-state index contributed by atoms with van der Waals surface area (Å²) in [5.74, 6) is -3.79. The predicted molar refractivity (Wildman–Crippen MR) is 190 cm³/mol. The van der Waals surface area contributed by atoms with E-state index in [1.165, 1.54) is 12.0 Å². The highest BCUT2D eigenvalue weighted by Crippen LogP contribution is 2.56. The number of aliphatic hydroxyl groups excluding tert-OH is 1. The molecule has 11 nitrogen and oxygen atoms in total. The Hall–Kier alpha value is -4.32. The number of benzene rings is 2. The molecule has 2 aromatic carbocycles. The molecule has 272 valence electrons. The highest BCUT2D eigenvalue weighted by molar-refractivity contribution is 6.06. The first kappa shape index (κ1) is 36.5. The minimum atomic E-state index is -1.47. The minimum absolute atomic E-state index is 0.0632. The molecular weight excluding hydrogens is 650 g/mol. The largest absolute Gasteiger partial charge is 0.455 e. The maximum absolute atomic E-state index is 15.3. The number of aryl methyl sites for hydroxylation is 2. The van der Waals surface area contributed by atoms with Gasteiger partial charge >= 0.3 is 5.97 Å². The average molecular weight is 700 g/mol. The Morgan fingerprint density at radius 2 is 1.73 bits per heavy atom. The van der Waals surface area contributed by atoms with Crippen LogP contribution in [0.1, 0.15) is 55.9 Å². The number of methoxy groups -OCH3 is 1. The lowest BCUT2D eigenvalue weighted by atomic mass is 9.74. The topological polar surface area (TPSA) is 135 Å². The Balaban J connectivity index is 1.51. The standard InChI is InChI=1S/C40H49N3O8/c1-24(2)21-28(22-44)43-36-38(47)42(34-25(3)13-12-14-26(34)4)20-11-7-10-17-31(45)41-29(23-49-5)35(27-15-8-6-9-16-27)50-39(48)32-30-18-19-40(36,51-30)33(32)37(43)46/h6-9,11-16,18-19,24,28-30,32-33,35-36,44H,10,17,20-23H2,1-5H3,(H,41,45)/b11-7-/t28-,29+,30-,32+,33+,35+,36-,40+/m1/s1. The summed E-state index contributed by atoms with van der Waals surface area (Å²) in [4.78, 5) is 61.1. The van der Waals surface area contributed by atoms with Gasteiger partial charge in [-0.25, -0.2) is 0 Å². The van der Waals surface area contributed by atoms with Crippen LogP contribution in [-0.4, -0.2) is 90.4 Å². The van der Waals surface area contributed by atoms with E-state index < -0.39 is 59.6 Å². The number of allylic oxidation sites excluding steroid dienone is 1. The second-order valence-electron chi connectivity index (χ2n) is 14.5. The van der Waals surface area contributed by atoms with Gasteiger partial charge in [0.05, 0.1) is 37.3 Å². The number of anilines is 1. The van der Waals surface area contributed by atoms with Crippen molar-refractivity contribution < 1.29 is 38.5 Å². The number of para-hydroxylation sites is 1. The summed E-state index contributed by atoms with van der Waals surface area (Å²) >= 11 is 0. The van der Waals surface area contributed by atoms with Gasteiger partial charge < -0.3 is 34.4 Å². The molecule has 2 saturated heterocycles. The Kier molecular flexibility index (Phi) is 10.8. The number of carbonyl (C=O) groups is 4. The molecule has 4 heterocycles. The molecule has 0 saturated carbocycles. The highest BCUT2D eigenvalue weighted by atomic mass is 16.6. The number of hydrogen-bond donors (Lipinski definition) is 2. The fourth-order valence-electron chi connectivity index (χ4n) is 8.45. The van der Waals surface area contributed by atoms with Gasteiger partial charge in [-0.2, -0.15) is 0 Å². The first-order valence-corrected chi connectivity index (χ1v) is 17.9. The molecule has 4 aliphatic rings. The van der Waals surface area contributed by atoms with Crippen LogP contribution in [0.25, 0.3) is 0 Å². The number of cyclic esters (lactones) is 1. The van der Waals surface area contributed by atoms with Crippen molar-refractivity contribution in [3.05, 3.63) is 89.5 Å². The number of rotatable bonds is 8. The molecule has 4 aliphatic heterocycles. The van der Waals surface area contributed by atoms with Crippen LogP contribution in [0.4, 0.5) is 5.69 Å². The lowest BCUT2D eigenvalue weighted by Gasteiger charge is -2.39. The van der Waals surface area contributed by atoms with E-state index in [4.69, 9.17) is 14.2 Å². The van der Waals surface area contributed by atoms with Crippen molar-refractivity contribution in [3.8, 4) is 0 Å². The smallest absolute Gasteiger partial charge is 0.313 e. The third-order valence-electron chi connectivity index (χ3n) is 10.6. The van der Waals surface area contributed by atoms with Crippen LogP contribution >= 0.6 is 0 Å². The molecule has 1 spiro atoms. The molecule has 3 amide bonds. The predicted octanol–water partition coefficient (Wildman–Crippen LogP) is 3.96. The Bertz CT molecular complexity index is 1670. The Morgan fingerprint density at radius 3 is 2.39 bits per heavy atom. The number of carbonyl (C=O) groups excluding carboxylic acids is 4. The van der Waals surface area contributed by atoms with Crippen molar-refractivity contribution in [1.29, 1.82) is 0 Å². The van der Waals surface area contributed by atoms with Crippen molar-refractivity contribution in [1.82, 2.24) is 10.2 Å². The molecule has 51 heavy (non-hydrogen) atoms. The van der Waals surface area contributed by atoms with Gasteiger partial charge in [0.25, 0.3) is 5.91 Å². The van der Waals surface area contributed by atoms with Crippen molar-refractivity contribution in [2.75, 3.05) is 31.8 Å². The van der Waals surface area contributed by atoms with Crippen LogP contribution in [0, 0.1) is 31.6 Å². The maximum Gasteiger partial charge on any atom is 0.313 e. The Labute approximate surface area is 299 Å². The lowest BCUT2D eigenvalue weighted by Crippen LogP contribution is -2.59. The summed E-state index contributed by atoms with van der Waals surface area (Å²) in [7, 11) is 1.51. The molecule has 0 aliphatic carbocycles.